The molecule has 1 aromatic rings. The van der Waals surface area contributed by atoms with Crippen LogP contribution in [0.2, 0.25) is 0 Å². The Morgan fingerprint density at radius 2 is 1.41 bits per heavy atom. The summed E-state index contributed by atoms with van der Waals surface area (Å²) in [6.45, 7) is 4.35. The van der Waals surface area contributed by atoms with Gasteiger partial charge in [-0.1, -0.05) is 44.6 Å². The molecular formula is C36H57N7O8. The van der Waals surface area contributed by atoms with E-state index in [0.717, 1.165) is 0 Å². The third-order valence-corrected chi connectivity index (χ3v) is 9.21. The van der Waals surface area contributed by atoms with Crippen molar-refractivity contribution in [1.29, 1.82) is 0 Å². The Labute approximate surface area is 299 Å². The zero-order valence-electron chi connectivity index (χ0n) is 29.8. The second-order valence-electron chi connectivity index (χ2n) is 13.2. The highest BCUT2D eigenvalue weighted by molar-refractivity contribution is 5.96. The Bertz CT molecular complexity index is 1340. The molecule has 0 saturated heterocycles. The fourth-order valence-electron chi connectivity index (χ4n) is 5.72. The van der Waals surface area contributed by atoms with Crippen LogP contribution in [0.15, 0.2) is 36.4 Å². The topological polar surface area (TPSA) is 269 Å². The molecule has 7 atom stereocenters. The Morgan fingerprint density at radius 3 is 1.96 bits per heavy atom. The van der Waals surface area contributed by atoms with E-state index in [1.165, 1.54) is 12.1 Å². The number of phenolic OH excluding ortho intramolecular Hbond substituents is 1. The van der Waals surface area contributed by atoms with Gasteiger partial charge in [0.25, 0.3) is 0 Å². The van der Waals surface area contributed by atoms with E-state index in [-0.39, 0.29) is 50.2 Å². The summed E-state index contributed by atoms with van der Waals surface area (Å²) in [5.74, 6) is -5.37. The molecule has 4 amide bonds. The lowest BCUT2D eigenvalue weighted by molar-refractivity contribution is -0.146. The Hall–Kier alpha value is -4.34. The maximum Gasteiger partial charge on any atom is 0.307 e. The minimum Gasteiger partial charge on any atom is -0.508 e. The van der Waals surface area contributed by atoms with E-state index >= 15 is 0 Å². The van der Waals surface area contributed by atoms with Crippen LogP contribution >= 0.6 is 0 Å². The third-order valence-electron chi connectivity index (χ3n) is 9.21. The quantitative estimate of drug-likeness (QED) is 0.0747. The predicted octanol–water partition coefficient (Wildman–Crippen LogP) is 0.515. The first-order chi connectivity index (χ1) is 24.3. The van der Waals surface area contributed by atoms with Crippen LogP contribution in [0.4, 0.5) is 0 Å². The van der Waals surface area contributed by atoms with Crippen LogP contribution in [0.5, 0.6) is 5.75 Å². The van der Waals surface area contributed by atoms with Crippen molar-refractivity contribution in [3.63, 3.8) is 0 Å². The minimum atomic E-state index is -1.21. The number of carboxylic acid groups (broad SMARTS) is 1. The van der Waals surface area contributed by atoms with Crippen molar-refractivity contribution in [3.05, 3.63) is 42.0 Å². The van der Waals surface area contributed by atoms with Crippen molar-refractivity contribution in [2.75, 3.05) is 13.1 Å². The van der Waals surface area contributed by atoms with Gasteiger partial charge in [0.2, 0.25) is 23.6 Å². The number of amides is 4. The molecule has 12 N–H and O–H groups in total. The molecule has 1 heterocycles. The van der Waals surface area contributed by atoms with Gasteiger partial charge in [-0.3, -0.25) is 28.8 Å². The summed E-state index contributed by atoms with van der Waals surface area (Å²) in [5, 5.41) is 30.5. The molecule has 15 nitrogen and oxygen atoms in total. The number of ketones is 1. The lowest BCUT2D eigenvalue weighted by Gasteiger charge is -2.27. The molecule has 51 heavy (non-hydrogen) atoms. The number of nitrogens with one attached hydrogen (secondary N) is 4. The lowest BCUT2D eigenvalue weighted by atomic mass is 9.85. The second kappa shape index (κ2) is 22.5. The van der Waals surface area contributed by atoms with Gasteiger partial charge in [-0.2, -0.15) is 0 Å². The maximum absolute atomic E-state index is 13.9. The molecule has 0 aliphatic carbocycles. The zero-order valence-corrected chi connectivity index (χ0v) is 29.8. The molecule has 1 aliphatic rings. The fraction of sp³-hybridized carbons (Fsp3) is 0.611. The van der Waals surface area contributed by atoms with Crippen molar-refractivity contribution in [2.45, 2.75) is 115 Å². The first-order valence-corrected chi connectivity index (χ1v) is 17.9. The van der Waals surface area contributed by atoms with Gasteiger partial charge in [-0.15, -0.1) is 0 Å². The third kappa shape index (κ3) is 14.8. The van der Waals surface area contributed by atoms with Crippen molar-refractivity contribution in [3.8, 4) is 5.75 Å². The molecule has 2 rings (SSSR count). The second-order valence-corrected chi connectivity index (χ2v) is 13.2. The van der Waals surface area contributed by atoms with E-state index in [1.807, 2.05) is 6.92 Å². The van der Waals surface area contributed by atoms with Crippen LogP contribution in [0, 0.1) is 11.8 Å². The standard InChI is InChI=1S/C36H57N7O8/c1-3-22(2)25(36(50)51)21-31(45)30(20-23-14-16-24(44)17-15-23)43-35(49)28-11-5-4-10-26(39)32(46)40-27(12-6-8-18-37)33(47)42-29(34(48)41-28)13-7-9-19-38/h4-5,14-17,22,25-30,44H,3,6-13,18-21,37-39H2,1-2H3,(H,40,46)(H,41,48)(H,42,47)(H,43,49)(H,50,51)/t22?,25-,26-,27-,28-,29-,30-/m0/s1. The summed E-state index contributed by atoms with van der Waals surface area (Å²) in [4.78, 5) is 79.8. The lowest BCUT2D eigenvalue weighted by Crippen LogP contribution is -2.58. The fourth-order valence-corrected chi connectivity index (χ4v) is 5.72. The van der Waals surface area contributed by atoms with Gasteiger partial charge in [0.05, 0.1) is 18.0 Å². The van der Waals surface area contributed by atoms with Crippen LogP contribution in [-0.2, 0) is 35.2 Å². The van der Waals surface area contributed by atoms with E-state index in [9.17, 15) is 39.0 Å². The minimum absolute atomic E-state index is 0.00147. The molecule has 1 unspecified atom stereocenters. The van der Waals surface area contributed by atoms with E-state index in [0.29, 0.717) is 50.8 Å². The number of aliphatic carboxylic acids is 1. The van der Waals surface area contributed by atoms with E-state index in [4.69, 9.17) is 17.2 Å². The number of aromatic hydroxyl groups is 1. The predicted molar refractivity (Wildman–Crippen MR) is 192 cm³/mol. The van der Waals surface area contributed by atoms with E-state index < -0.39 is 71.5 Å². The normalized spacial score (nSPS) is 22.0. The molecule has 0 saturated carbocycles. The van der Waals surface area contributed by atoms with Gasteiger partial charge >= 0.3 is 5.97 Å². The first-order valence-electron chi connectivity index (χ1n) is 17.9. The number of hydrogen-bond donors (Lipinski definition) is 9. The summed E-state index contributed by atoms with van der Waals surface area (Å²) < 4.78 is 0. The van der Waals surface area contributed by atoms with Crippen LogP contribution in [0.25, 0.3) is 0 Å². The van der Waals surface area contributed by atoms with Crippen LogP contribution in [0.3, 0.4) is 0 Å². The van der Waals surface area contributed by atoms with Gasteiger partial charge in [0.1, 0.15) is 23.9 Å². The summed E-state index contributed by atoms with van der Waals surface area (Å²) in [5.41, 5.74) is 18.0. The summed E-state index contributed by atoms with van der Waals surface area (Å²) in [6, 6.07) is 0.655. The Morgan fingerprint density at radius 1 is 0.863 bits per heavy atom. The van der Waals surface area contributed by atoms with Gasteiger partial charge in [-0.25, -0.2) is 0 Å². The maximum atomic E-state index is 13.9. The number of nitrogens with two attached hydrogens (primary N) is 3. The summed E-state index contributed by atoms with van der Waals surface area (Å²) >= 11 is 0. The number of rotatable bonds is 18. The number of hydrogen-bond acceptors (Lipinski definition) is 10. The molecule has 1 aliphatic heterocycles. The molecule has 284 valence electrons. The summed E-state index contributed by atoms with van der Waals surface area (Å²) in [6.07, 6.45) is 6.17. The van der Waals surface area contributed by atoms with Crippen molar-refractivity contribution < 1.29 is 39.0 Å². The highest BCUT2D eigenvalue weighted by Crippen LogP contribution is 2.22. The van der Waals surface area contributed by atoms with Gasteiger partial charge < -0.3 is 48.7 Å². The van der Waals surface area contributed by atoms with Crippen molar-refractivity contribution in [2.24, 2.45) is 29.0 Å². The smallest absolute Gasteiger partial charge is 0.307 e. The number of Topliss-reactive ketones (excluding diaryl/α,β-unsaturated/α-hetero) is 1. The number of phenols is 1. The molecule has 0 bridgehead atoms. The number of carbonyl (C=O) groups excluding carboxylic acids is 5. The van der Waals surface area contributed by atoms with Gasteiger partial charge in [0.15, 0.2) is 5.78 Å². The Kier molecular flexibility index (Phi) is 18.9. The molecule has 0 fully saturated rings. The van der Waals surface area contributed by atoms with Crippen molar-refractivity contribution in [1.82, 2.24) is 21.3 Å². The zero-order chi connectivity index (χ0) is 37.9. The van der Waals surface area contributed by atoms with Crippen LogP contribution < -0.4 is 38.5 Å². The van der Waals surface area contributed by atoms with E-state index in [1.54, 1.807) is 31.2 Å². The average molecular weight is 716 g/mol. The molecule has 0 aromatic heterocycles. The SMILES string of the molecule is CCC(C)[C@H](CC(=O)[C@H](Cc1ccc(O)cc1)NC(=O)[C@@H]1CC=CC[C@H](N)C(=O)N[C@@H](CCCCN)C(=O)N[C@@H](CCCCN)C(=O)N1)C(=O)O. The first kappa shape index (κ1) is 42.8. The highest BCUT2D eigenvalue weighted by Gasteiger charge is 2.34. The monoisotopic (exact) mass is 715 g/mol. The van der Waals surface area contributed by atoms with Gasteiger partial charge in [-0.05, 0) is 94.5 Å². The Balaban J connectivity index is 2.44. The number of carbonyl (C=O) groups is 6. The molecule has 15 heteroatoms. The average Bonchev–Trinajstić information content (AvgIpc) is 3.10. The molecular weight excluding hydrogens is 658 g/mol. The summed E-state index contributed by atoms with van der Waals surface area (Å²) in [7, 11) is 0. The van der Waals surface area contributed by atoms with E-state index in [2.05, 4.69) is 21.3 Å². The van der Waals surface area contributed by atoms with Gasteiger partial charge in [0, 0.05) is 6.42 Å². The molecule has 0 radical (unpaired) electrons. The van der Waals surface area contributed by atoms with Crippen LogP contribution in [0.1, 0.15) is 83.6 Å². The molecule has 1 aromatic carbocycles. The van der Waals surface area contributed by atoms with Crippen molar-refractivity contribution >= 4 is 35.4 Å². The van der Waals surface area contributed by atoms with Crippen LogP contribution in [-0.4, -0.2) is 88.9 Å². The highest BCUT2D eigenvalue weighted by atomic mass is 16.4. The largest absolute Gasteiger partial charge is 0.508 e. The molecule has 0 spiro atoms. The number of benzene rings is 1. The number of unbranched alkanes of at least 4 members (excludes halogenated alkanes) is 2. The number of carboxylic acids is 1.